The summed E-state index contributed by atoms with van der Waals surface area (Å²) >= 11 is 0. The number of nitriles is 1. The number of nitrogens with one attached hydrogen (secondary N) is 1. The first-order valence-corrected chi connectivity index (χ1v) is 4.60. The summed E-state index contributed by atoms with van der Waals surface area (Å²) in [5, 5.41) is 23.3. The van der Waals surface area contributed by atoms with E-state index in [9.17, 15) is 9.18 Å². The Morgan fingerprint density at radius 2 is 2.24 bits per heavy atom. The molecule has 2 N–H and O–H groups in total. The van der Waals surface area contributed by atoms with Crippen molar-refractivity contribution < 1.29 is 14.3 Å². The van der Waals surface area contributed by atoms with E-state index in [1.807, 2.05) is 6.07 Å². The number of benzene rings is 1. The lowest BCUT2D eigenvalue weighted by Crippen LogP contribution is -1.95. The van der Waals surface area contributed by atoms with Crippen LogP contribution in [0.25, 0.3) is 11.3 Å². The van der Waals surface area contributed by atoms with Gasteiger partial charge in [-0.3, -0.25) is 5.10 Å². The van der Waals surface area contributed by atoms with E-state index in [1.165, 1.54) is 18.2 Å². The van der Waals surface area contributed by atoms with E-state index in [0.29, 0.717) is 0 Å². The summed E-state index contributed by atoms with van der Waals surface area (Å²) in [6, 6.07) is 6.90. The molecule has 6 heteroatoms. The highest BCUT2D eigenvalue weighted by molar-refractivity contribution is 5.86. The van der Waals surface area contributed by atoms with Gasteiger partial charge in [-0.25, -0.2) is 9.18 Å². The summed E-state index contributed by atoms with van der Waals surface area (Å²) in [6.45, 7) is 0. The van der Waals surface area contributed by atoms with Crippen molar-refractivity contribution in [2.45, 2.75) is 0 Å². The van der Waals surface area contributed by atoms with Crippen molar-refractivity contribution in [1.29, 1.82) is 5.26 Å². The van der Waals surface area contributed by atoms with Gasteiger partial charge in [-0.1, -0.05) is 0 Å². The highest BCUT2D eigenvalue weighted by Gasteiger charge is 2.12. The second-order valence-corrected chi connectivity index (χ2v) is 3.28. The molecule has 0 unspecified atom stereocenters. The Morgan fingerprint density at radius 3 is 2.82 bits per heavy atom. The summed E-state index contributed by atoms with van der Waals surface area (Å²) in [7, 11) is 0. The number of aromatic carboxylic acids is 1. The van der Waals surface area contributed by atoms with Crippen molar-refractivity contribution in [1.82, 2.24) is 10.2 Å². The minimum Gasteiger partial charge on any atom is -0.476 e. The fourth-order valence-electron chi connectivity index (χ4n) is 1.37. The van der Waals surface area contributed by atoms with E-state index in [1.54, 1.807) is 0 Å². The zero-order valence-corrected chi connectivity index (χ0v) is 8.44. The third kappa shape index (κ3) is 1.99. The monoisotopic (exact) mass is 231 g/mol. The third-order valence-corrected chi connectivity index (χ3v) is 2.18. The lowest BCUT2D eigenvalue weighted by atomic mass is 10.1. The van der Waals surface area contributed by atoms with Crippen LogP contribution in [0.15, 0.2) is 24.3 Å². The zero-order chi connectivity index (χ0) is 12.4. The van der Waals surface area contributed by atoms with Gasteiger partial charge in [0, 0.05) is 5.56 Å². The first kappa shape index (κ1) is 10.8. The van der Waals surface area contributed by atoms with Gasteiger partial charge in [0.15, 0.2) is 5.69 Å². The van der Waals surface area contributed by atoms with Gasteiger partial charge in [0.2, 0.25) is 0 Å². The highest BCUT2D eigenvalue weighted by Crippen LogP contribution is 2.22. The molecule has 84 valence electrons. The smallest absolute Gasteiger partial charge is 0.356 e. The molecule has 2 rings (SSSR count). The standard InChI is InChI=1S/C11H6FN3O2/c12-8-2-1-6(5-13)3-7(8)9-4-10(11(16)17)15-14-9/h1-4H,(H,14,15)(H,16,17). The maximum atomic E-state index is 13.5. The Morgan fingerprint density at radius 1 is 1.47 bits per heavy atom. The quantitative estimate of drug-likeness (QED) is 0.824. The lowest BCUT2D eigenvalue weighted by molar-refractivity contribution is 0.0690. The molecule has 0 saturated heterocycles. The van der Waals surface area contributed by atoms with Gasteiger partial charge < -0.3 is 5.11 Å². The molecule has 0 spiro atoms. The largest absolute Gasteiger partial charge is 0.476 e. The number of carboxylic acids is 1. The maximum Gasteiger partial charge on any atom is 0.356 e. The molecule has 0 amide bonds. The molecule has 1 heterocycles. The number of rotatable bonds is 2. The van der Waals surface area contributed by atoms with Crippen LogP contribution in [-0.2, 0) is 0 Å². The van der Waals surface area contributed by atoms with Crippen molar-refractivity contribution in [3.8, 4) is 17.3 Å². The van der Waals surface area contributed by atoms with Crippen LogP contribution >= 0.6 is 0 Å². The molecule has 1 aromatic carbocycles. The zero-order valence-electron chi connectivity index (χ0n) is 8.44. The second kappa shape index (κ2) is 4.06. The van der Waals surface area contributed by atoms with Gasteiger partial charge in [0.25, 0.3) is 0 Å². The van der Waals surface area contributed by atoms with Crippen LogP contribution in [0, 0.1) is 17.1 Å². The molecule has 1 aromatic heterocycles. The minimum atomic E-state index is -1.20. The fraction of sp³-hybridized carbons (Fsp3) is 0. The molecular weight excluding hydrogens is 225 g/mol. The number of aromatic amines is 1. The van der Waals surface area contributed by atoms with E-state index >= 15 is 0 Å². The van der Waals surface area contributed by atoms with E-state index in [-0.39, 0.29) is 22.5 Å². The number of aromatic nitrogens is 2. The van der Waals surface area contributed by atoms with Crippen molar-refractivity contribution in [2.24, 2.45) is 0 Å². The number of carboxylic acid groups (broad SMARTS) is 1. The van der Waals surface area contributed by atoms with E-state index < -0.39 is 11.8 Å². The predicted octanol–water partition coefficient (Wildman–Crippen LogP) is 1.79. The summed E-state index contributed by atoms with van der Waals surface area (Å²) < 4.78 is 13.5. The Kier molecular flexibility index (Phi) is 2.58. The molecule has 0 aliphatic rings. The average Bonchev–Trinajstić information content (AvgIpc) is 2.79. The number of halogens is 1. The fourth-order valence-corrected chi connectivity index (χ4v) is 1.37. The number of carbonyl (C=O) groups is 1. The molecule has 0 saturated carbocycles. The van der Waals surface area contributed by atoms with E-state index in [4.69, 9.17) is 10.4 Å². The maximum absolute atomic E-state index is 13.5. The van der Waals surface area contributed by atoms with Crippen molar-refractivity contribution in [3.05, 3.63) is 41.3 Å². The molecule has 0 radical (unpaired) electrons. The predicted molar refractivity (Wildman–Crippen MR) is 55.7 cm³/mol. The Balaban J connectivity index is 2.52. The Hall–Kier alpha value is -2.68. The van der Waals surface area contributed by atoms with Crippen molar-refractivity contribution >= 4 is 5.97 Å². The molecule has 0 bridgehead atoms. The van der Waals surface area contributed by atoms with Crippen LogP contribution in [0.3, 0.4) is 0 Å². The molecular formula is C11H6FN3O2. The second-order valence-electron chi connectivity index (χ2n) is 3.28. The van der Waals surface area contributed by atoms with Crippen LogP contribution in [0.1, 0.15) is 16.1 Å². The molecule has 0 fully saturated rings. The van der Waals surface area contributed by atoms with Crippen LogP contribution in [-0.4, -0.2) is 21.3 Å². The molecule has 0 aliphatic carbocycles. The van der Waals surface area contributed by atoms with Crippen LogP contribution in [0.4, 0.5) is 4.39 Å². The topological polar surface area (TPSA) is 89.8 Å². The third-order valence-electron chi connectivity index (χ3n) is 2.18. The number of hydrogen-bond acceptors (Lipinski definition) is 3. The molecule has 2 aromatic rings. The van der Waals surface area contributed by atoms with Gasteiger partial charge in [0.1, 0.15) is 5.82 Å². The first-order chi connectivity index (χ1) is 8.11. The van der Waals surface area contributed by atoms with Gasteiger partial charge in [-0.15, -0.1) is 0 Å². The van der Waals surface area contributed by atoms with Crippen LogP contribution < -0.4 is 0 Å². The Bertz CT molecular complexity index is 628. The number of hydrogen-bond donors (Lipinski definition) is 2. The minimum absolute atomic E-state index is 0.115. The first-order valence-electron chi connectivity index (χ1n) is 4.60. The van der Waals surface area contributed by atoms with Gasteiger partial charge in [-0.05, 0) is 24.3 Å². The SMILES string of the molecule is N#Cc1ccc(F)c(-c2cc(C(=O)O)n[nH]2)c1. The normalized spacial score (nSPS) is 9.88. The van der Waals surface area contributed by atoms with Crippen molar-refractivity contribution in [3.63, 3.8) is 0 Å². The summed E-state index contributed by atoms with van der Waals surface area (Å²) in [4.78, 5) is 10.6. The molecule has 5 nitrogen and oxygen atoms in total. The Labute approximate surface area is 95.1 Å². The van der Waals surface area contributed by atoms with Crippen LogP contribution in [0.5, 0.6) is 0 Å². The van der Waals surface area contributed by atoms with Gasteiger partial charge in [0.05, 0.1) is 17.3 Å². The molecule has 17 heavy (non-hydrogen) atoms. The van der Waals surface area contributed by atoms with Gasteiger partial charge in [-0.2, -0.15) is 10.4 Å². The van der Waals surface area contributed by atoms with Crippen molar-refractivity contribution in [2.75, 3.05) is 0 Å². The number of H-pyrrole nitrogens is 1. The average molecular weight is 231 g/mol. The lowest BCUT2D eigenvalue weighted by Gasteiger charge is -1.99. The highest BCUT2D eigenvalue weighted by atomic mass is 19.1. The van der Waals surface area contributed by atoms with E-state index in [2.05, 4.69) is 10.2 Å². The summed E-state index contributed by atoms with van der Waals surface area (Å²) in [5.41, 5.74) is 0.413. The van der Waals surface area contributed by atoms with Crippen LogP contribution in [0.2, 0.25) is 0 Å². The van der Waals surface area contributed by atoms with E-state index in [0.717, 1.165) is 6.07 Å². The number of nitrogens with zero attached hydrogens (tertiary/aromatic N) is 2. The molecule has 0 aliphatic heterocycles. The molecule has 0 atom stereocenters. The summed E-state index contributed by atoms with van der Waals surface area (Å²) in [6.07, 6.45) is 0. The van der Waals surface area contributed by atoms with Gasteiger partial charge >= 0.3 is 5.97 Å². The summed E-state index contributed by atoms with van der Waals surface area (Å²) in [5.74, 6) is -1.76.